The van der Waals surface area contributed by atoms with Gasteiger partial charge >= 0.3 is 0 Å². The van der Waals surface area contributed by atoms with Gasteiger partial charge in [-0.15, -0.1) is 0 Å². The Bertz CT molecular complexity index is 2160. The second kappa shape index (κ2) is 14.7. The molecule has 8 heteroatoms. The summed E-state index contributed by atoms with van der Waals surface area (Å²) >= 11 is 0. The van der Waals surface area contributed by atoms with Gasteiger partial charge in [0.25, 0.3) is 0 Å². The van der Waals surface area contributed by atoms with E-state index in [1.54, 1.807) is 0 Å². The van der Waals surface area contributed by atoms with Crippen LogP contribution < -0.4 is 9.80 Å². The summed E-state index contributed by atoms with van der Waals surface area (Å²) in [4.78, 5) is 6.36. The molecule has 0 N–H and O–H groups in total. The van der Waals surface area contributed by atoms with Crippen molar-refractivity contribution in [1.82, 2.24) is 0 Å². The molecule has 0 aromatic heterocycles. The Labute approximate surface area is 410 Å². The number of para-hydroxylation sites is 2. The zero-order chi connectivity index (χ0) is 44.7. The molecule has 0 radical (unpaired) electrons. The minimum atomic E-state index is -0.417. The fourth-order valence-electron chi connectivity index (χ4n) is 23.4. The van der Waals surface area contributed by atoms with Gasteiger partial charge in [-0.1, -0.05) is 106 Å². The predicted octanol–water partition coefficient (Wildman–Crippen LogP) is 12.1. The van der Waals surface area contributed by atoms with E-state index in [1.165, 1.54) is 114 Å². The maximum atomic E-state index is 8.33. The van der Waals surface area contributed by atoms with Gasteiger partial charge in [-0.3, -0.25) is 0 Å². The highest BCUT2D eigenvalue weighted by molar-refractivity contribution is 7.61. The molecule has 364 valence electrons. The number of benzene rings is 2. The van der Waals surface area contributed by atoms with E-state index in [0.717, 1.165) is 35.5 Å². The van der Waals surface area contributed by atoms with Gasteiger partial charge in [0.1, 0.15) is 0 Å². The summed E-state index contributed by atoms with van der Waals surface area (Å²) in [6, 6.07) is 25.9. The van der Waals surface area contributed by atoms with E-state index < -0.39 is 15.8 Å². The van der Waals surface area contributed by atoms with Gasteiger partial charge in [0, 0.05) is 57.4 Å². The number of fused-ring (bicyclic) bond motifs is 10. The highest BCUT2D eigenvalue weighted by atomic mass is 31.1. The van der Waals surface area contributed by atoms with Crippen LogP contribution in [-0.4, -0.2) is 107 Å². The van der Waals surface area contributed by atoms with E-state index in [4.69, 9.17) is 18.9 Å². The molecule has 15 fully saturated rings. The van der Waals surface area contributed by atoms with Crippen LogP contribution in [0.1, 0.15) is 130 Å². The molecule has 68 heavy (non-hydrogen) atoms. The van der Waals surface area contributed by atoms with Gasteiger partial charge in [-0.25, -0.2) is 0 Å². The number of hydrogen-bond acceptors (Lipinski definition) is 6. The molecule has 2 aromatic rings. The van der Waals surface area contributed by atoms with Crippen LogP contribution in [-0.2, 0) is 18.9 Å². The second-order valence-corrected chi connectivity index (χ2v) is 32.8. The summed E-state index contributed by atoms with van der Waals surface area (Å²) in [7, 11) is -0.834. The third-order valence-corrected chi connectivity index (χ3v) is 32.8. The van der Waals surface area contributed by atoms with Crippen LogP contribution in [0, 0.1) is 58.2 Å². The first-order valence-corrected chi connectivity index (χ1v) is 32.2. The van der Waals surface area contributed by atoms with E-state index in [-0.39, 0.29) is 12.2 Å². The van der Waals surface area contributed by atoms with Crippen LogP contribution in [0.2, 0.25) is 0 Å². The number of ether oxygens (including phenoxy) is 4. The average Bonchev–Trinajstić information content (AvgIpc) is 3.74. The van der Waals surface area contributed by atoms with Gasteiger partial charge in [-0.05, 0) is 159 Å². The summed E-state index contributed by atoms with van der Waals surface area (Å²) in [5.41, 5.74) is 6.93. The molecule has 9 saturated carbocycles. The highest BCUT2D eigenvalue weighted by Crippen LogP contribution is 2.81. The SMILES string of the molecule is CC1(C)C2CCCCC2C2CC3C4C(OC5CCCC6OC7C8C9C(OC%10CCCC%11OC%12C(C(CC%13C%14CCCCC%14C(C)(C)C%13%12)N8c8ccccc8)P9C%10%11)C(C7P4C65)N3c3ccccc3)C21. The predicted molar refractivity (Wildman–Crippen MR) is 274 cm³/mol. The molecular weight excluding hydrogens is 875 g/mol. The first-order chi connectivity index (χ1) is 33.3. The summed E-state index contributed by atoms with van der Waals surface area (Å²) in [6.07, 6.45) is 24.3. The largest absolute Gasteiger partial charge is 0.373 e. The van der Waals surface area contributed by atoms with Gasteiger partial charge in [0.2, 0.25) is 0 Å². The minimum Gasteiger partial charge on any atom is -0.373 e. The van der Waals surface area contributed by atoms with Crippen molar-refractivity contribution < 1.29 is 18.9 Å². The van der Waals surface area contributed by atoms with Gasteiger partial charge in [-0.2, -0.15) is 0 Å². The molecular formula is C60H80N2O4P2. The molecule has 6 aliphatic heterocycles. The first-order valence-electron chi connectivity index (χ1n) is 29.1. The van der Waals surface area contributed by atoms with Crippen molar-refractivity contribution in [3.05, 3.63) is 60.7 Å². The van der Waals surface area contributed by atoms with E-state index in [1.807, 2.05) is 0 Å². The Morgan fingerprint density at radius 3 is 1.21 bits per heavy atom. The zero-order valence-corrected chi connectivity index (χ0v) is 43.3. The fourth-order valence-corrected chi connectivity index (χ4v) is 33.2. The molecule has 6 nitrogen and oxygen atoms in total. The molecule has 0 spiro atoms. The van der Waals surface area contributed by atoms with Crippen LogP contribution in [0.3, 0.4) is 0 Å². The fraction of sp³-hybridized carbons (Fsp3) is 0.800. The number of anilines is 2. The van der Waals surface area contributed by atoms with Crippen LogP contribution in [0.25, 0.3) is 0 Å². The molecule has 9 aliphatic carbocycles. The number of hydrogen-bond donors (Lipinski definition) is 0. The standard InChI is InChI=1S/C60H80N2O4P2/c1-59(2)37-23-13-11-21-33(37)35-29-39-53-49(45(35)59)63-41-25-15-27-43-55(41)67(53)57-47(61(39)31-17-7-5-8-18-31)52-58-48(51(57)65-43)62(32-19-9-6-10-20-32)40-30-36-34-22-12-14-24-38(34)60(3,4)46(36)50-54(40)68(58)56-42(64-50)26-16-28-44(56)66-52/h5-10,17-20,33-58H,11-16,21-30H2,1-4H3. The molecule has 6 heterocycles. The maximum Gasteiger partial charge on any atom is 0.0877 e. The Morgan fingerprint density at radius 2 is 0.794 bits per heavy atom. The Hall–Kier alpha value is -1.26. The van der Waals surface area contributed by atoms with Gasteiger partial charge in [0.05, 0.1) is 60.9 Å². The number of nitrogens with zero attached hydrogens (tertiary/aromatic N) is 2. The van der Waals surface area contributed by atoms with Crippen LogP contribution in [0.5, 0.6) is 0 Å². The van der Waals surface area contributed by atoms with Crippen molar-refractivity contribution in [2.24, 2.45) is 58.2 Å². The quantitative estimate of drug-likeness (QED) is 0.280. The summed E-state index contributed by atoms with van der Waals surface area (Å²) in [6.45, 7) is 11.0. The normalized spacial score (nSPS) is 57.3. The zero-order valence-electron chi connectivity index (χ0n) is 41.5. The van der Waals surface area contributed by atoms with Crippen LogP contribution >= 0.6 is 15.8 Å². The van der Waals surface area contributed by atoms with Gasteiger partial charge < -0.3 is 28.7 Å². The maximum absolute atomic E-state index is 8.33. The molecule has 28 unspecified atom stereocenters. The molecule has 6 saturated heterocycles. The van der Waals surface area contributed by atoms with Crippen molar-refractivity contribution >= 4 is 27.2 Å². The average molecular weight is 955 g/mol. The Balaban J connectivity index is 0.895. The first kappa shape index (κ1) is 42.1. The smallest absolute Gasteiger partial charge is 0.0877 e. The molecule has 2 aromatic carbocycles. The molecule has 17 rings (SSSR count). The Morgan fingerprint density at radius 1 is 0.412 bits per heavy atom. The van der Waals surface area contributed by atoms with Crippen molar-refractivity contribution in [2.45, 2.75) is 237 Å². The van der Waals surface area contributed by atoms with Crippen LogP contribution in [0.4, 0.5) is 11.4 Å². The third kappa shape index (κ3) is 5.21. The van der Waals surface area contributed by atoms with E-state index in [0.29, 0.717) is 117 Å². The van der Waals surface area contributed by atoms with Crippen molar-refractivity contribution in [2.75, 3.05) is 9.80 Å². The minimum absolute atomic E-state index is 0.225. The molecule has 0 bridgehead atoms. The Kier molecular flexibility index (Phi) is 9.13. The van der Waals surface area contributed by atoms with Crippen LogP contribution in [0.15, 0.2) is 60.7 Å². The lowest BCUT2D eigenvalue weighted by atomic mass is 9.64. The number of rotatable bonds is 2. The monoisotopic (exact) mass is 955 g/mol. The summed E-state index contributed by atoms with van der Waals surface area (Å²) < 4.78 is 32.7. The topological polar surface area (TPSA) is 43.4 Å². The third-order valence-electron chi connectivity index (χ3n) is 24.9. The highest BCUT2D eigenvalue weighted by Gasteiger charge is 2.79. The van der Waals surface area contributed by atoms with Crippen molar-refractivity contribution in [3.8, 4) is 0 Å². The van der Waals surface area contributed by atoms with Crippen molar-refractivity contribution in [1.29, 1.82) is 0 Å². The second-order valence-electron chi connectivity index (χ2n) is 27.5. The summed E-state index contributed by atoms with van der Waals surface area (Å²) in [5, 5.41) is 0. The van der Waals surface area contributed by atoms with E-state index in [9.17, 15) is 0 Å². The van der Waals surface area contributed by atoms with Gasteiger partial charge in [0.15, 0.2) is 0 Å². The lowest BCUT2D eigenvalue weighted by Crippen LogP contribution is -2.86. The van der Waals surface area contributed by atoms with Crippen molar-refractivity contribution in [3.63, 3.8) is 0 Å². The van der Waals surface area contributed by atoms with E-state index in [2.05, 4.69) is 98.2 Å². The molecule has 0 amide bonds. The summed E-state index contributed by atoms with van der Waals surface area (Å²) in [5.74, 6) is 6.27. The van der Waals surface area contributed by atoms with E-state index >= 15 is 0 Å². The molecule has 28 atom stereocenters. The lowest BCUT2D eigenvalue weighted by Gasteiger charge is -2.77. The molecule has 15 aliphatic rings. The lowest BCUT2D eigenvalue weighted by molar-refractivity contribution is -0.186.